The molecule has 10 heteroatoms. The summed E-state index contributed by atoms with van der Waals surface area (Å²) in [6, 6.07) is 11.5. The summed E-state index contributed by atoms with van der Waals surface area (Å²) >= 11 is 1.37. The van der Waals surface area contributed by atoms with E-state index in [0.717, 1.165) is 22.7 Å². The van der Waals surface area contributed by atoms with E-state index in [0.29, 0.717) is 22.4 Å². The van der Waals surface area contributed by atoms with Crippen molar-refractivity contribution < 1.29 is 17.2 Å². The highest BCUT2D eigenvalue weighted by Crippen LogP contribution is 2.27. The third kappa shape index (κ3) is 3.41. The highest BCUT2D eigenvalue weighted by Gasteiger charge is 2.23. The average molecular weight is 420 g/mol. The number of hydrogen-bond acceptors (Lipinski definition) is 5. The Morgan fingerprint density at radius 1 is 1.14 bits per heavy atom. The largest absolute Gasteiger partial charge is 0.243 e. The van der Waals surface area contributed by atoms with E-state index in [4.69, 9.17) is 0 Å². The molecular formula is C18H14F2N4O2S2. The Labute approximate surface area is 163 Å². The monoisotopic (exact) mass is 420 g/mol. The minimum absolute atomic E-state index is 0.188. The van der Waals surface area contributed by atoms with Gasteiger partial charge in [-0.25, -0.2) is 31.4 Å². The lowest BCUT2D eigenvalue weighted by molar-refractivity contribution is 0.545. The summed E-state index contributed by atoms with van der Waals surface area (Å²) in [5.41, 5.74) is 1.87. The number of aromatic nitrogens is 3. The first-order valence-electron chi connectivity index (χ1n) is 8.20. The summed E-state index contributed by atoms with van der Waals surface area (Å²) in [6.45, 7) is 1.63. The van der Waals surface area contributed by atoms with Crippen LogP contribution in [0.2, 0.25) is 0 Å². The van der Waals surface area contributed by atoms with Crippen LogP contribution in [-0.2, 0) is 16.6 Å². The smallest absolute Gasteiger partial charge is 0.217 e. The van der Waals surface area contributed by atoms with Crippen LogP contribution < -0.4 is 4.72 Å². The molecule has 0 atom stereocenters. The first-order chi connectivity index (χ1) is 13.3. The van der Waals surface area contributed by atoms with E-state index in [1.807, 2.05) is 37.3 Å². The van der Waals surface area contributed by atoms with Gasteiger partial charge in [-0.3, -0.25) is 0 Å². The van der Waals surface area contributed by atoms with Crippen molar-refractivity contribution in [3.8, 4) is 11.3 Å². The highest BCUT2D eigenvalue weighted by atomic mass is 32.2. The van der Waals surface area contributed by atoms with Gasteiger partial charge < -0.3 is 0 Å². The van der Waals surface area contributed by atoms with Crippen molar-refractivity contribution in [3.63, 3.8) is 0 Å². The normalized spacial score (nSPS) is 12.0. The maximum Gasteiger partial charge on any atom is 0.243 e. The van der Waals surface area contributed by atoms with Gasteiger partial charge in [0.25, 0.3) is 0 Å². The Morgan fingerprint density at radius 2 is 1.89 bits per heavy atom. The molecule has 2 aromatic carbocycles. The number of rotatable bonds is 5. The average Bonchev–Trinajstić information content (AvgIpc) is 3.19. The topological polar surface area (TPSA) is 76.4 Å². The molecule has 4 aromatic rings. The number of sulfonamides is 1. The molecule has 144 valence electrons. The maximum absolute atomic E-state index is 13.9. The molecule has 0 amide bonds. The summed E-state index contributed by atoms with van der Waals surface area (Å²) in [7, 11) is -4.28. The van der Waals surface area contributed by atoms with Crippen molar-refractivity contribution in [1.29, 1.82) is 0 Å². The molecule has 0 spiro atoms. The number of halogens is 2. The molecule has 0 bridgehead atoms. The van der Waals surface area contributed by atoms with E-state index in [1.165, 1.54) is 11.3 Å². The minimum Gasteiger partial charge on any atom is -0.217 e. The number of imidazole rings is 1. The van der Waals surface area contributed by atoms with Crippen molar-refractivity contribution in [2.24, 2.45) is 0 Å². The molecular weight excluding hydrogens is 406 g/mol. The second-order valence-corrected chi connectivity index (χ2v) is 8.88. The molecule has 2 aromatic heterocycles. The number of nitrogens with one attached hydrogen (secondary N) is 1. The quantitative estimate of drug-likeness (QED) is 0.536. The Hall–Kier alpha value is -2.69. The van der Waals surface area contributed by atoms with Crippen LogP contribution in [0.1, 0.15) is 10.7 Å². The zero-order valence-corrected chi connectivity index (χ0v) is 16.2. The second-order valence-electron chi connectivity index (χ2n) is 5.99. The first-order valence-corrected chi connectivity index (χ1v) is 10.5. The van der Waals surface area contributed by atoms with Gasteiger partial charge in [0.2, 0.25) is 15.0 Å². The van der Waals surface area contributed by atoms with Crippen LogP contribution in [0, 0.1) is 18.6 Å². The molecule has 4 rings (SSSR count). The van der Waals surface area contributed by atoms with Gasteiger partial charge in [0, 0.05) is 5.56 Å². The van der Waals surface area contributed by atoms with Crippen LogP contribution in [-0.4, -0.2) is 23.0 Å². The molecule has 0 saturated carbocycles. The van der Waals surface area contributed by atoms with Gasteiger partial charge in [-0.1, -0.05) is 41.7 Å². The second kappa shape index (κ2) is 7.04. The SMILES string of the molecule is Cc1nn2c(CNS(=O)(=O)c3cc(F)ccc3F)c(-c3ccccc3)nc2s1. The van der Waals surface area contributed by atoms with E-state index in [1.54, 1.807) is 4.52 Å². The van der Waals surface area contributed by atoms with Crippen molar-refractivity contribution in [2.75, 3.05) is 0 Å². The van der Waals surface area contributed by atoms with Gasteiger partial charge in [-0.05, 0) is 25.1 Å². The summed E-state index contributed by atoms with van der Waals surface area (Å²) in [6.07, 6.45) is 0. The lowest BCUT2D eigenvalue weighted by Crippen LogP contribution is -2.25. The molecule has 0 aliphatic heterocycles. The van der Waals surface area contributed by atoms with E-state index < -0.39 is 26.6 Å². The summed E-state index contributed by atoms with van der Waals surface area (Å²) in [4.78, 5) is 4.43. The lowest BCUT2D eigenvalue weighted by atomic mass is 10.1. The van der Waals surface area contributed by atoms with Gasteiger partial charge in [-0.2, -0.15) is 5.10 Å². The van der Waals surface area contributed by atoms with Crippen LogP contribution in [0.4, 0.5) is 8.78 Å². The Balaban J connectivity index is 1.74. The lowest BCUT2D eigenvalue weighted by Gasteiger charge is -2.09. The summed E-state index contributed by atoms with van der Waals surface area (Å²) in [5, 5.41) is 5.13. The van der Waals surface area contributed by atoms with Gasteiger partial charge >= 0.3 is 0 Å². The van der Waals surface area contributed by atoms with Gasteiger partial charge in [-0.15, -0.1) is 0 Å². The number of aryl methyl sites for hydroxylation is 1. The Bertz CT molecular complexity index is 1270. The fraction of sp³-hybridized carbons (Fsp3) is 0.111. The van der Waals surface area contributed by atoms with E-state index in [2.05, 4.69) is 14.8 Å². The predicted molar refractivity (Wildman–Crippen MR) is 101 cm³/mol. The summed E-state index contributed by atoms with van der Waals surface area (Å²) < 4.78 is 56.3. The van der Waals surface area contributed by atoms with Crippen molar-refractivity contribution >= 4 is 26.3 Å². The standard InChI is InChI=1S/C18H14F2N4O2S2/c1-11-23-24-15(17(22-18(24)27-11)12-5-3-2-4-6-12)10-21-28(25,26)16-9-13(19)7-8-14(16)20/h2-9,21H,10H2,1H3. The number of nitrogens with zero attached hydrogens (tertiary/aromatic N) is 3. The Kier molecular flexibility index (Phi) is 4.69. The molecule has 6 nitrogen and oxygen atoms in total. The zero-order chi connectivity index (χ0) is 19.9. The molecule has 0 saturated heterocycles. The van der Waals surface area contributed by atoms with Gasteiger partial charge in [0.1, 0.15) is 21.5 Å². The van der Waals surface area contributed by atoms with Gasteiger partial charge in [0.15, 0.2) is 0 Å². The van der Waals surface area contributed by atoms with E-state index >= 15 is 0 Å². The molecule has 0 fully saturated rings. The number of fused-ring (bicyclic) bond motifs is 1. The Morgan fingerprint density at radius 3 is 2.64 bits per heavy atom. The van der Waals surface area contributed by atoms with E-state index in [-0.39, 0.29) is 6.54 Å². The van der Waals surface area contributed by atoms with Crippen LogP contribution in [0.25, 0.3) is 16.2 Å². The molecule has 0 aliphatic rings. The van der Waals surface area contributed by atoms with Crippen molar-refractivity contribution in [1.82, 2.24) is 19.3 Å². The molecule has 1 N–H and O–H groups in total. The first kappa shape index (κ1) is 18.7. The fourth-order valence-electron chi connectivity index (χ4n) is 2.80. The van der Waals surface area contributed by atoms with Crippen LogP contribution >= 0.6 is 11.3 Å². The molecule has 0 aliphatic carbocycles. The van der Waals surface area contributed by atoms with Crippen molar-refractivity contribution in [2.45, 2.75) is 18.4 Å². The zero-order valence-electron chi connectivity index (χ0n) is 14.6. The predicted octanol–water partition coefficient (Wildman–Crippen LogP) is 3.52. The van der Waals surface area contributed by atoms with Crippen LogP contribution in [0.3, 0.4) is 0 Å². The van der Waals surface area contributed by atoms with Crippen LogP contribution in [0.15, 0.2) is 53.4 Å². The molecule has 0 radical (unpaired) electrons. The number of benzene rings is 2. The fourth-order valence-corrected chi connectivity index (χ4v) is 4.63. The number of hydrogen-bond donors (Lipinski definition) is 1. The third-order valence-corrected chi connectivity index (χ3v) is 6.30. The van der Waals surface area contributed by atoms with Crippen molar-refractivity contribution in [3.05, 3.63) is 70.9 Å². The molecule has 2 heterocycles. The summed E-state index contributed by atoms with van der Waals surface area (Å²) in [5.74, 6) is -1.87. The minimum atomic E-state index is -4.28. The van der Waals surface area contributed by atoms with E-state index in [9.17, 15) is 17.2 Å². The third-order valence-electron chi connectivity index (χ3n) is 4.06. The molecule has 28 heavy (non-hydrogen) atoms. The highest BCUT2D eigenvalue weighted by molar-refractivity contribution is 7.89. The van der Waals surface area contributed by atoms with Gasteiger partial charge in [0.05, 0.1) is 17.9 Å². The maximum atomic E-state index is 13.9. The molecule has 0 unspecified atom stereocenters. The van der Waals surface area contributed by atoms with Crippen LogP contribution in [0.5, 0.6) is 0 Å².